The Morgan fingerprint density at radius 3 is 2.43 bits per heavy atom. The van der Waals surface area contributed by atoms with Gasteiger partial charge in [-0.3, -0.25) is 14.8 Å². The van der Waals surface area contributed by atoms with Crippen LogP contribution in [0.3, 0.4) is 0 Å². The molecule has 30 heavy (non-hydrogen) atoms. The van der Waals surface area contributed by atoms with Gasteiger partial charge in [0.25, 0.3) is 0 Å². The number of rotatable bonds is 4. The summed E-state index contributed by atoms with van der Waals surface area (Å²) in [7, 11) is 6.08. The summed E-state index contributed by atoms with van der Waals surface area (Å²) in [5, 5.41) is 6.80. The van der Waals surface area contributed by atoms with Crippen molar-refractivity contribution in [3.8, 4) is 0 Å². The normalized spacial score (nSPS) is 28.5. The van der Waals surface area contributed by atoms with Gasteiger partial charge in [-0.2, -0.15) is 0 Å². The van der Waals surface area contributed by atoms with Crippen molar-refractivity contribution in [1.29, 1.82) is 0 Å². The smallest absolute Gasteiger partial charge is 0.412 e. The standard InChI is InChI=1S/C21H42N6O3/c1-15-17(27(21(5,6)29-15)19(28)30-20(2,3)4)13-24-18(22-7)23-12-16-14-25(8)10-11-26(16)9/h15-17H,10-14H2,1-9H3,(H2,22,23,24). The predicted molar refractivity (Wildman–Crippen MR) is 120 cm³/mol. The fourth-order valence-electron chi connectivity index (χ4n) is 4.08. The van der Waals surface area contributed by atoms with Gasteiger partial charge in [-0.25, -0.2) is 4.79 Å². The highest BCUT2D eigenvalue weighted by molar-refractivity contribution is 5.79. The molecule has 2 heterocycles. The van der Waals surface area contributed by atoms with Gasteiger partial charge in [0.15, 0.2) is 5.96 Å². The molecule has 1 amide bonds. The Kier molecular flexibility index (Phi) is 7.98. The van der Waals surface area contributed by atoms with E-state index in [1.54, 1.807) is 11.9 Å². The third-order valence-electron chi connectivity index (χ3n) is 5.71. The Labute approximate surface area is 182 Å². The van der Waals surface area contributed by atoms with Crippen LogP contribution in [0, 0.1) is 0 Å². The molecule has 9 heteroatoms. The average molecular weight is 427 g/mol. The van der Waals surface area contributed by atoms with Crippen molar-refractivity contribution >= 4 is 12.1 Å². The molecule has 0 bridgehead atoms. The minimum atomic E-state index is -0.736. The second-order valence-corrected chi connectivity index (χ2v) is 9.92. The van der Waals surface area contributed by atoms with Crippen molar-refractivity contribution in [3.05, 3.63) is 0 Å². The van der Waals surface area contributed by atoms with E-state index >= 15 is 0 Å². The highest BCUT2D eigenvalue weighted by Crippen LogP contribution is 2.33. The summed E-state index contributed by atoms with van der Waals surface area (Å²) in [5.41, 5.74) is -1.30. The lowest BCUT2D eigenvalue weighted by Gasteiger charge is -2.38. The van der Waals surface area contributed by atoms with Crippen LogP contribution in [0.25, 0.3) is 0 Å². The van der Waals surface area contributed by atoms with Gasteiger partial charge in [0.1, 0.15) is 11.3 Å². The van der Waals surface area contributed by atoms with E-state index in [1.165, 1.54) is 0 Å². The van der Waals surface area contributed by atoms with E-state index < -0.39 is 11.3 Å². The summed E-state index contributed by atoms with van der Waals surface area (Å²) in [6.45, 7) is 15.9. The monoisotopic (exact) mass is 426 g/mol. The highest BCUT2D eigenvalue weighted by atomic mass is 16.6. The Morgan fingerprint density at radius 1 is 1.20 bits per heavy atom. The van der Waals surface area contributed by atoms with Crippen LogP contribution in [-0.4, -0.2) is 110 Å². The van der Waals surface area contributed by atoms with E-state index in [9.17, 15) is 4.79 Å². The van der Waals surface area contributed by atoms with Crippen molar-refractivity contribution in [3.63, 3.8) is 0 Å². The van der Waals surface area contributed by atoms with Crippen molar-refractivity contribution in [2.75, 3.05) is 53.9 Å². The molecule has 0 aliphatic carbocycles. The number of amides is 1. The van der Waals surface area contributed by atoms with E-state index in [0.717, 1.165) is 32.1 Å². The maximum Gasteiger partial charge on any atom is 0.412 e. The van der Waals surface area contributed by atoms with Crippen LogP contribution >= 0.6 is 0 Å². The first-order valence-electron chi connectivity index (χ1n) is 10.9. The van der Waals surface area contributed by atoms with Gasteiger partial charge in [0.05, 0.1) is 12.1 Å². The number of hydrogen-bond donors (Lipinski definition) is 2. The van der Waals surface area contributed by atoms with Crippen LogP contribution in [0.1, 0.15) is 41.5 Å². The number of guanidine groups is 1. The molecular weight excluding hydrogens is 384 g/mol. The lowest BCUT2D eigenvalue weighted by Crippen LogP contribution is -2.57. The third-order valence-corrected chi connectivity index (χ3v) is 5.71. The van der Waals surface area contributed by atoms with Crippen molar-refractivity contribution < 1.29 is 14.3 Å². The number of carbonyl (C=O) groups is 1. The van der Waals surface area contributed by atoms with Gasteiger partial charge in [-0.1, -0.05) is 0 Å². The number of aliphatic imine (C=N–C) groups is 1. The molecule has 0 radical (unpaired) electrons. The van der Waals surface area contributed by atoms with Gasteiger partial charge in [-0.05, 0) is 55.6 Å². The average Bonchev–Trinajstić information content (AvgIpc) is 2.84. The Morgan fingerprint density at radius 2 is 1.83 bits per heavy atom. The molecule has 2 aliphatic heterocycles. The van der Waals surface area contributed by atoms with Crippen LogP contribution < -0.4 is 10.6 Å². The molecular formula is C21H42N6O3. The largest absolute Gasteiger partial charge is 0.444 e. The van der Waals surface area contributed by atoms with Crippen molar-refractivity contribution in [2.24, 2.45) is 4.99 Å². The lowest BCUT2D eigenvalue weighted by molar-refractivity contribution is -0.0755. The summed E-state index contributed by atoms with van der Waals surface area (Å²) >= 11 is 0. The number of likely N-dealkylation sites (N-methyl/N-ethyl adjacent to an activating group) is 2. The minimum absolute atomic E-state index is 0.128. The molecule has 2 fully saturated rings. The first-order valence-corrected chi connectivity index (χ1v) is 10.9. The zero-order valence-electron chi connectivity index (χ0n) is 20.3. The van der Waals surface area contributed by atoms with Gasteiger partial charge >= 0.3 is 6.09 Å². The van der Waals surface area contributed by atoms with E-state index in [1.807, 2.05) is 41.5 Å². The minimum Gasteiger partial charge on any atom is -0.444 e. The molecule has 0 aromatic heterocycles. The van der Waals surface area contributed by atoms with Crippen LogP contribution in [0.15, 0.2) is 4.99 Å². The van der Waals surface area contributed by atoms with Crippen LogP contribution in [-0.2, 0) is 9.47 Å². The number of nitrogens with zero attached hydrogens (tertiary/aromatic N) is 4. The maximum absolute atomic E-state index is 12.9. The predicted octanol–water partition coefficient (Wildman–Crippen LogP) is 1.16. The molecule has 2 N–H and O–H groups in total. The van der Waals surface area contributed by atoms with E-state index in [2.05, 4.69) is 39.5 Å². The quantitative estimate of drug-likeness (QED) is 0.516. The zero-order valence-corrected chi connectivity index (χ0v) is 20.3. The molecule has 0 saturated carbocycles. The molecule has 9 nitrogen and oxygen atoms in total. The molecule has 2 saturated heterocycles. The van der Waals surface area contributed by atoms with Crippen LogP contribution in [0.5, 0.6) is 0 Å². The zero-order chi connectivity index (χ0) is 22.7. The van der Waals surface area contributed by atoms with Crippen LogP contribution in [0.4, 0.5) is 4.79 Å². The second-order valence-electron chi connectivity index (χ2n) is 9.92. The fourth-order valence-corrected chi connectivity index (χ4v) is 4.08. The fraction of sp³-hybridized carbons (Fsp3) is 0.905. The topological polar surface area (TPSA) is 81.7 Å². The molecule has 174 valence electrons. The Hall–Kier alpha value is -1.58. The first-order chi connectivity index (χ1) is 13.8. The van der Waals surface area contributed by atoms with Gasteiger partial charge in [-0.15, -0.1) is 0 Å². The summed E-state index contributed by atoms with van der Waals surface area (Å²) in [4.78, 5) is 23.7. The molecule has 3 atom stereocenters. The number of carbonyl (C=O) groups excluding carboxylic acids is 1. The van der Waals surface area contributed by atoms with Crippen molar-refractivity contribution in [2.45, 2.75) is 71.1 Å². The SMILES string of the molecule is CN=C(NCC1CN(C)CCN1C)NCC1C(C)OC(C)(C)N1C(=O)OC(C)(C)C. The maximum atomic E-state index is 12.9. The summed E-state index contributed by atoms with van der Waals surface area (Å²) in [5.74, 6) is 0.720. The second kappa shape index (κ2) is 9.70. The summed E-state index contributed by atoms with van der Waals surface area (Å²) in [6, 6.07) is 0.255. The third kappa shape index (κ3) is 6.46. The van der Waals surface area contributed by atoms with Crippen molar-refractivity contribution in [1.82, 2.24) is 25.3 Å². The van der Waals surface area contributed by atoms with Crippen LogP contribution in [0.2, 0.25) is 0 Å². The molecule has 0 spiro atoms. The number of ether oxygens (including phenoxy) is 2. The van der Waals surface area contributed by atoms with Gasteiger partial charge < -0.3 is 25.0 Å². The Bertz CT molecular complexity index is 618. The van der Waals surface area contributed by atoms with Gasteiger partial charge in [0.2, 0.25) is 0 Å². The summed E-state index contributed by atoms with van der Waals surface area (Å²) < 4.78 is 11.7. The lowest BCUT2D eigenvalue weighted by atomic mass is 10.1. The van der Waals surface area contributed by atoms with E-state index in [0.29, 0.717) is 12.6 Å². The number of piperazine rings is 1. The number of hydrogen-bond acceptors (Lipinski definition) is 6. The molecule has 0 aromatic carbocycles. The van der Waals surface area contributed by atoms with E-state index in [-0.39, 0.29) is 18.2 Å². The van der Waals surface area contributed by atoms with Gasteiger partial charge in [0, 0.05) is 45.8 Å². The molecule has 2 rings (SSSR count). The molecule has 3 unspecified atom stereocenters. The number of nitrogens with one attached hydrogen (secondary N) is 2. The first kappa shape index (κ1) is 24.7. The Balaban J connectivity index is 1.97. The highest BCUT2D eigenvalue weighted by Gasteiger charge is 2.49. The molecule has 0 aromatic rings. The van der Waals surface area contributed by atoms with E-state index in [4.69, 9.17) is 9.47 Å². The summed E-state index contributed by atoms with van der Waals surface area (Å²) in [6.07, 6.45) is -0.491. The molecule has 2 aliphatic rings.